The van der Waals surface area contributed by atoms with Gasteiger partial charge in [0.25, 0.3) is 0 Å². The van der Waals surface area contributed by atoms with Crippen molar-refractivity contribution in [3.63, 3.8) is 0 Å². The lowest BCUT2D eigenvalue weighted by atomic mass is 10.2. The first-order valence-corrected chi connectivity index (χ1v) is 9.49. The molecule has 0 aliphatic rings. The highest BCUT2D eigenvalue weighted by Gasteiger charge is 2.07. The maximum absolute atomic E-state index is 12.4. The Balaban J connectivity index is 1.25. The molecular formula is C23H18N4O3. The topological polar surface area (TPSA) is 75.1 Å². The molecule has 0 unspecified atom stereocenters. The summed E-state index contributed by atoms with van der Waals surface area (Å²) >= 11 is 0. The zero-order chi connectivity index (χ0) is 20.3. The van der Waals surface area contributed by atoms with Crippen LogP contribution in [0.15, 0.2) is 94.9 Å². The predicted molar refractivity (Wildman–Crippen MR) is 112 cm³/mol. The van der Waals surface area contributed by atoms with Crippen LogP contribution in [0.2, 0.25) is 0 Å². The van der Waals surface area contributed by atoms with Gasteiger partial charge < -0.3 is 13.7 Å². The molecule has 30 heavy (non-hydrogen) atoms. The lowest BCUT2D eigenvalue weighted by Gasteiger charge is -2.07. The van der Waals surface area contributed by atoms with Gasteiger partial charge in [-0.3, -0.25) is 4.79 Å². The van der Waals surface area contributed by atoms with Gasteiger partial charge in [0.2, 0.25) is 11.2 Å². The van der Waals surface area contributed by atoms with E-state index in [1.54, 1.807) is 17.1 Å². The summed E-state index contributed by atoms with van der Waals surface area (Å²) in [5, 5.41) is 10.0. The van der Waals surface area contributed by atoms with Gasteiger partial charge in [-0.15, -0.1) is 5.10 Å². The van der Waals surface area contributed by atoms with Crippen LogP contribution in [0.3, 0.4) is 0 Å². The van der Waals surface area contributed by atoms with E-state index in [4.69, 9.17) is 9.15 Å². The Morgan fingerprint density at radius 1 is 1.00 bits per heavy atom. The van der Waals surface area contributed by atoms with E-state index >= 15 is 0 Å². The lowest BCUT2D eigenvalue weighted by Crippen LogP contribution is -2.09. The first-order chi connectivity index (χ1) is 14.7. The summed E-state index contributed by atoms with van der Waals surface area (Å²) in [7, 11) is 0. The summed E-state index contributed by atoms with van der Waals surface area (Å²) in [5.41, 5.74) is 1.63. The smallest absolute Gasteiger partial charge is 0.227 e. The standard InChI is InChI=1S/C23H18N4O3/c28-22-11-21(14-26-12-18-3-1-2-4-19(18)13-26)29-16-23(22)30-15-17-5-7-20(8-6-17)27-10-9-24-25-27/h1-13,16H,14-15H2. The Morgan fingerprint density at radius 2 is 1.77 bits per heavy atom. The predicted octanol–water partition coefficient (Wildman–Crippen LogP) is 3.80. The molecule has 2 aromatic carbocycles. The van der Waals surface area contributed by atoms with Crippen LogP contribution < -0.4 is 10.2 Å². The minimum absolute atomic E-state index is 0.191. The second-order valence-corrected chi connectivity index (χ2v) is 6.94. The molecule has 0 saturated carbocycles. The van der Waals surface area contributed by atoms with Crippen LogP contribution in [0.5, 0.6) is 5.75 Å². The van der Waals surface area contributed by atoms with E-state index < -0.39 is 0 Å². The Kier molecular flexibility index (Phi) is 4.61. The largest absolute Gasteiger partial charge is 0.482 e. The highest BCUT2D eigenvalue weighted by atomic mass is 16.5. The molecule has 7 nitrogen and oxygen atoms in total. The van der Waals surface area contributed by atoms with Crippen LogP contribution in [-0.4, -0.2) is 19.6 Å². The highest BCUT2D eigenvalue weighted by molar-refractivity contribution is 5.82. The molecule has 0 N–H and O–H groups in total. The van der Waals surface area contributed by atoms with Gasteiger partial charge in [-0.05, 0) is 28.5 Å². The summed E-state index contributed by atoms with van der Waals surface area (Å²) in [5.74, 6) is 0.765. The third-order valence-corrected chi connectivity index (χ3v) is 4.81. The Hall–Kier alpha value is -4.13. The van der Waals surface area contributed by atoms with Crippen LogP contribution in [0, 0.1) is 0 Å². The quantitative estimate of drug-likeness (QED) is 0.435. The van der Waals surface area contributed by atoms with Crippen molar-refractivity contribution >= 4 is 10.8 Å². The summed E-state index contributed by atoms with van der Waals surface area (Å²) in [4.78, 5) is 12.4. The second kappa shape index (κ2) is 7.71. The maximum Gasteiger partial charge on any atom is 0.227 e. The van der Waals surface area contributed by atoms with Crippen LogP contribution >= 0.6 is 0 Å². The Morgan fingerprint density at radius 3 is 2.43 bits per heavy atom. The summed E-state index contributed by atoms with van der Waals surface area (Å²) in [6.07, 6.45) is 8.84. The van der Waals surface area contributed by atoms with Gasteiger partial charge in [0.1, 0.15) is 18.6 Å². The second-order valence-electron chi connectivity index (χ2n) is 6.94. The van der Waals surface area contributed by atoms with Gasteiger partial charge in [-0.25, -0.2) is 4.68 Å². The molecule has 148 valence electrons. The lowest BCUT2D eigenvalue weighted by molar-refractivity contribution is 0.289. The van der Waals surface area contributed by atoms with E-state index in [9.17, 15) is 4.79 Å². The van der Waals surface area contributed by atoms with Gasteiger partial charge >= 0.3 is 0 Å². The zero-order valence-electron chi connectivity index (χ0n) is 16.0. The van der Waals surface area contributed by atoms with Crippen molar-refractivity contribution in [1.29, 1.82) is 0 Å². The van der Waals surface area contributed by atoms with E-state index in [2.05, 4.69) is 22.4 Å². The molecule has 0 atom stereocenters. The summed E-state index contributed by atoms with van der Waals surface area (Å²) < 4.78 is 15.0. The number of nitrogens with zero attached hydrogens (tertiary/aromatic N) is 4. The van der Waals surface area contributed by atoms with Crippen LogP contribution in [0.25, 0.3) is 16.5 Å². The molecule has 3 aromatic heterocycles. The molecule has 0 bridgehead atoms. The monoisotopic (exact) mass is 398 g/mol. The van der Waals surface area contributed by atoms with Gasteiger partial charge in [0, 0.05) is 18.5 Å². The molecule has 0 radical (unpaired) electrons. The third kappa shape index (κ3) is 3.73. The van der Waals surface area contributed by atoms with Crippen molar-refractivity contribution in [1.82, 2.24) is 19.6 Å². The van der Waals surface area contributed by atoms with Gasteiger partial charge in [-0.2, -0.15) is 0 Å². The maximum atomic E-state index is 12.4. The number of fused-ring (bicyclic) bond motifs is 1. The van der Waals surface area contributed by atoms with Crippen LogP contribution in [0.1, 0.15) is 11.3 Å². The molecule has 0 saturated heterocycles. The zero-order valence-corrected chi connectivity index (χ0v) is 16.0. The Labute approximate surface area is 171 Å². The molecule has 0 amide bonds. The number of benzene rings is 2. The molecule has 0 aliphatic carbocycles. The van der Waals surface area contributed by atoms with E-state index in [0.29, 0.717) is 12.3 Å². The fourth-order valence-electron chi connectivity index (χ4n) is 3.29. The molecule has 0 fully saturated rings. The number of aromatic nitrogens is 4. The molecule has 5 rings (SSSR count). The van der Waals surface area contributed by atoms with Crippen molar-refractivity contribution < 1.29 is 9.15 Å². The fourth-order valence-corrected chi connectivity index (χ4v) is 3.29. The number of rotatable bonds is 6. The van der Waals surface area contributed by atoms with E-state index in [1.165, 1.54) is 12.3 Å². The normalized spacial score (nSPS) is 11.1. The molecular weight excluding hydrogens is 380 g/mol. The summed E-state index contributed by atoms with van der Waals surface area (Å²) in [6, 6.07) is 17.3. The number of hydrogen-bond acceptors (Lipinski definition) is 5. The number of ether oxygens (including phenoxy) is 1. The van der Waals surface area contributed by atoms with E-state index in [1.807, 2.05) is 53.4 Å². The van der Waals surface area contributed by atoms with E-state index in [0.717, 1.165) is 22.0 Å². The molecule has 0 aliphatic heterocycles. The minimum atomic E-state index is -0.202. The Bertz CT molecular complexity index is 1300. The van der Waals surface area contributed by atoms with Crippen molar-refractivity contribution in [2.24, 2.45) is 0 Å². The average molecular weight is 398 g/mol. The minimum Gasteiger partial charge on any atom is -0.482 e. The number of hydrogen-bond donors (Lipinski definition) is 0. The van der Waals surface area contributed by atoms with Crippen molar-refractivity contribution in [3.05, 3.63) is 107 Å². The van der Waals surface area contributed by atoms with Gasteiger partial charge in [-0.1, -0.05) is 41.6 Å². The highest BCUT2D eigenvalue weighted by Crippen LogP contribution is 2.17. The fraction of sp³-hybridized carbons (Fsp3) is 0.0870. The molecule has 0 spiro atoms. The first kappa shape index (κ1) is 17.9. The summed E-state index contributed by atoms with van der Waals surface area (Å²) in [6.45, 7) is 0.749. The van der Waals surface area contributed by atoms with Crippen molar-refractivity contribution in [2.45, 2.75) is 13.2 Å². The van der Waals surface area contributed by atoms with Crippen molar-refractivity contribution in [3.8, 4) is 11.4 Å². The van der Waals surface area contributed by atoms with E-state index in [-0.39, 0.29) is 17.8 Å². The SMILES string of the molecule is O=c1cc(Cn2cc3ccccc3c2)occ1OCc1ccc(-n2ccnn2)cc1. The first-order valence-electron chi connectivity index (χ1n) is 9.49. The van der Waals surface area contributed by atoms with Crippen molar-refractivity contribution in [2.75, 3.05) is 0 Å². The molecule has 7 heteroatoms. The van der Waals surface area contributed by atoms with Gasteiger partial charge in [0.05, 0.1) is 24.6 Å². The van der Waals surface area contributed by atoms with Crippen LogP contribution in [-0.2, 0) is 13.2 Å². The van der Waals surface area contributed by atoms with Gasteiger partial charge in [0.15, 0.2) is 0 Å². The van der Waals surface area contributed by atoms with Crippen LogP contribution in [0.4, 0.5) is 0 Å². The molecule has 3 heterocycles. The molecule has 5 aromatic rings. The average Bonchev–Trinajstić information content (AvgIpc) is 3.43. The third-order valence-electron chi connectivity index (χ3n) is 4.81.